The number of esters is 1. The second-order valence-corrected chi connectivity index (χ2v) is 6.89. The number of benzene rings is 2. The number of amides is 1. The first kappa shape index (κ1) is 20.3. The quantitative estimate of drug-likeness (QED) is 0.590. The van der Waals surface area contributed by atoms with Crippen molar-refractivity contribution < 1.29 is 23.8 Å². The first-order valence-corrected chi connectivity index (χ1v) is 9.64. The van der Waals surface area contributed by atoms with E-state index in [1.54, 1.807) is 43.9 Å². The van der Waals surface area contributed by atoms with Crippen LogP contribution in [0.2, 0.25) is 0 Å². The van der Waals surface area contributed by atoms with Gasteiger partial charge in [0.15, 0.2) is 11.8 Å². The van der Waals surface area contributed by atoms with E-state index in [4.69, 9.17) is 14.2 Å². The van der Waals surface area contributed by atoms with E-state index in [0.717, 1.165) is 11.3 Å². The maximum absolute atomic E-state index is 12.4. The molecule has 0 aliphatic rings. The van der Waals surface area contributed by atoms with Gasteiger partial charge in [0, 0.05) is 22.7 Å². The molecule has 2 aromatic carbocycles. The number of hydrogen-bond acceptors (Lipinski definition) is 7. The molecule has 1 N–H and O–H groups in total. The van der Waals surface area contributed by atoms with E-state index in [-0.39, 0.29) is 5.69 Å². The summed E-state index contributed by atoms with van der Waals surface area (Å²) in [5, 5.41) is 4.97. The highest BCUT2D eigenvalue weighted by molar-refractivity contribution is 7.13. The molecule has 150 valence electrons. The highest BCUT2D eigenvalue weighted by Gasteiger charge is 2.21. The molecule has 0 radical (unpaired) electrons. The van der Waals surface area contributed by atoms with E-state index < -0.39 is 18.0 Å². The molecule has 29 heavy (non-hydrogen) atoms. The van der Waals surface area contributed by atoms with E-state index in [0.29, 0.717) is 16.4 Å². The topological polar surface area (TPSA) is 86.8 Å². The Morgan fingerprint density at radius 3 is 2.45 bits per heavy atom. The summed E-state index contributed by atoms with van der Waals surface area (Å²) in [4.78, 5) is 29.0. The normalized spacial score (nSPS) is 11.4. The van der Waals surface area contributed by atoms with Gasteiger partial charge in [-0.3, -0.25) is 4.79 Å². The molecule has 0 saturated carbocycles. The van der Waals surface area contributed by atoms with E-state index in [2.05, 4.69) is 10.3 Å². The predicted molar refractivity (Wildman–Crippen MR) is 111 cm³/mol. The Morgan fingerprint density at radius 1 is 1.03 bits per heavy atom. The van der Waals surface area contributed by atoms with Gasteiger partial charge in [0.05, 0.1) is 14.2 Å². The Morgan fingerprint density at radius 2 is 1.76 bits per heavy atom. The molecule has 0 aliphatic carbocycles. The van der Waals surface area contributed by atoms with Crippen molar-refractivity contribution in [2.45, 2.75) is 13.0 Å². The fraction of sp³-hybridized carbons (Fsp3) is 0.190. The number of rotatable bonds is 7. The lowest BCUT2D eigenvalue weighted by molar-refractivity contribution is -0.123. The van der Waals surface area contributed by atoms with Crippen molar-refractivity contribution in [2.75, 3.05) is 19.5 Å². The van der Waals surface area contributed by atoms with Gasteiger partial charge in [-0.1, -0.05) is 6.07 Å². The summed E-state index contributed by atoms with van der Waals surface area (Å²) in [7, 11) is 3.14. The van der Waals surface area contributed by atoms with Crippen molar-refractivity contribution in [2.24, 2.45) is 0 Å². The van der Waals surface area contributed by atoms with Crippen LogP contribution in [0.4, 0.5) is 5.69 Å². The van der Waals surface area contributed by atoms with Gasteiger partial charge in [-0.15, -0.1) is 11.3 Å². The molecular weight excluding hydrogens is 392 g/mol. The van der Waals surface area contributed by atoms with Gasteiger partial charge in [-0.25, -0.2) is 9.78 Å². The number of nitrogens with one attached hydrogen (secondary N) is 1. The molecule has 0 saturated heterocycles. The number of carbonyl (C=O) groups excluding carboxylic acids is 2. The number of hydrogen-bond donors (Lipinski definition) is 1. The first-order valence-electron chi connectivity index (χ1n) is 8.76. The highest BCUT2D eigenvalue weighted by atomic mass is 32.1. The third-order valence-corrected chi connectivity index (χ3v) is 4.93. The van der Waals surface area contributed by atoms with Crippen LogP contribution >= 0.6 is 11.3 Å². The molecule has 0 bridgehead atoms. The summed E-state index contributed by atoms with van der Waals surface area (Å²) in [5.41, 5.74) is 1.56. The zero-order valence-corrected chi connectivity index (χ0v) is 17.0. The fourth-order valence-electron chi connectivity index (χ4n) is 2.45. The summed E-state index contributed by atoms with van der Waals surface area (Å²) >= 11 is 1.32. The Hall–Kier alpha value is -3.39. The van der Waals surface area contributed by atoms with Crippen molar-refractivity contribution in [3.63, 3.8) is 0 Å². The Balaban J connectivity index is 1.61. The summed E-state index contributed by atoms with van der Waals surface area (Å²) in [6.45, 7) is 1.50. The fourth-order valence-corrected chi connectivity index (χ4v) is 3.25. The minimum Gasteiger partial charge on any atom is -0.497 e. The summed E-state index contributed by atoms with van der Waals surface area (Å²) in [5.74, 6) is 0.244. The van der Waals surface area contributed by atoms with Gasteiger partial charge in [0.25, 0.3) is 5.91 Å². The van der Waals surface area contributed by atoms with Crippen LogP contribution in [0.3, 0.4) is 0 Å². The van der Waals surface area contributed by atoms with Gasteiger partial charge >= 0.3 is 5.97 Å². The lowest BCUT2D eigenvalue weighted by Gasteiger charge is -2.13. The van der Waals surface area contributed by atoms with Crippen LogP contribution in [0.25, 0.3) is 10.6 Å². The van der Waals surface area contributed by atoms with Crippen molar-refractivity contribution in [1.82, 2.24) is 4.98 Å². The van der Waals surface area contributed by atoms with Gasteiger partial charge in [-0.05, 0) is 43.3 Å². The zero-order valence-electron chi connectivity index (χ0n) is 16.2. The second-order valence-electron chi connectivity index (χ2n) is 6.04. The van der Waals surface area contributed by atoms with Crippen molar-refractivity contribution in [1.29, 1.82) is 0 Å². The minimum atomic E-state index is -0.986. The standard InChI is InChI=1S/C21H20N2O5S/c1-13(19(24)22-15-5-4-6-17(11-15)27-3)28-21(25)18-12-29-20(23-18)14-7-9-16(26-2)10-8-14/h4-13H,1-3H3,(H,22,24)/t13-/m1/s1. The first-order chi connectivity index (χ1) is 14.0. The maximum atomic E-state index is 12.4. The van der Waals surface area contributed by atoms with Crippen LogP contribution in [-0.2, 0) is 9.53 Å². The highest BCUT2D eigenvalue weighted by Crippen LogP contribution is 2.26. The molecule has 8 heteroatoms. The van der Waals surface area contributed by atoms with Crippen molar-refractivity contribution in [3.05, 3.63) is 59.6 Å². The molecule has 0 fully saturated rings. The average molecular weight is 412 g/mol. The minimum absolute atomic E-state index is 0.154. The van der Waals surface area contributed by atoms with E-state index in [1.807, 2.05) is 24.3 Å². The SMILES string of the molecule is COc1ccc(-c2nc(C(=O)O[C@H](C)C(=O)Nc3cccc(OC)c3)cs2)cc1. The molecule has 1 atom stereocenters. The van der Waals surface area contributed by atoms with E-state index in [9.17, 15) is 9.59 Å². The van der Waals surface area contributed by atoms with E-state index in [1.165, 1.54) is 18.3 Å². The third kappa shape index (κ3) is 5.11. The van der Waals surface area contributed by atoms with Gasteiger partial charge in [0.1, 0.15) is 16.5 Å². The van der Waals surface area contributed by atoms with Gasteiger partial charge < -0.3 is 19.5 Å². The molecule has 3 aromatic rings. The largest absolute Gasteiger partial charge is 0.497 e. The smallest absolute Gasteiger partial charge is 0.358 e. The van der Waals surface area contributed by atoms with Crippen LogP contribution in [0.5, 0.6) is 11.5 Å². The summed E-state index contributed by atoms with van der Waals surface area (Å²) in [6, 6.07) is 14.3. The Labute approximate surface area is 172 Å². The number of aromatic nitrogens is 1. The monoisotopic (exact) mass is 412 g/mol. The molecule has 0 spiro atoms. The number of nitrogens with zero attached hydrogens (tertiary/aromatic N) is 1. The lowest BCUT2D eigenvalue weighted by atomic mass is 10.2. The lowest BCUT2D eigenvalue weighted by Crippen LogP contribution is -2.30. The Bertz CT molecular complexity index is 1000. The Kier molecular flexibility index (Phi) is 6.46. The average Bonchev–Trinajstić information content (AvgIpc) is 3.24. The number of anilines is 1. The molecule has 1 heterocycles. The second kappa shape index (κ2) is 9.20. The number of methoxy groups -OCH3 is 2. The number of thiazole rings is 1. The molecule has 0 unspecified atom stereocenters. The summed E-state index contributed by atoms with van der Waals surface area (Å²) in [6.07, 6.45) is -0.986. The summed E-state index contributed by atoms with van der Waals surface area (Å²) < 4.78 is 15.5. The van der Waals surface area contributed by atoms with Gasteiger partial charge in [-0.2, -0.15) is 0 Å². The molecule has 0 aliphatic heterocycles. The maximum Gasteiger partial charge on any atom is 0.358 e. The predicted octanol–water partition coefficient (Wildman–Crippen LogP) is 4.01. The molecular formula is C21H20N2O5S. The van der Waals surface area contributed by atoms with Crippen molar-refractivity contribution in [3.8, 4) is 22.1 Å². The molecule has 1 amide bonds. The van der Waals surface area contributed by atoms with Crippen molar-refractivity contribution >= 4 is 28.9 Å². The van der Waals surface area contributed by atoms with Crippen LogP contribution in [-0.4, -0.2) is 37.2 Å². The van der Waals surface area contributed by atoms with Gasteiger partial charge in [0.2, 0.25) is 0 Å². The zero-order chi connectivity index (χ0) is 20.8. The number of ether oxygens (including phenoxy) is 3. The third-order valence-electron chi connectivity index (χ3n) is 4.04. The van der Waals surface area contributed by atoms with Crippen LogP contribution in [0.15, 0.2) is 53.9 Å². The number of carbonyl (C=O) groups is 2. The molecule has 3 rings (SSSR count). The van der Waals surface area contributed by atoms with Crippen LogP contribution < -0.4 is 14.8 Å². The molecule has 1 aromatic heterocycles. The van der Waals surface area contributed by atoms with E-state index >= 15 is 0 Å². The van der Waals surface area contributed by atoms with Crippen LogP contribution in [0, 0.1) is 0 Å². The molecule has 7 nitrogen and oxygen atoms in total. The van der Waals surface area contributed by atoms with Crippen LogP contribution in [0.1, 0.15) is 17.4 Å².